The lowest BCUT2D eigenvalue weighted by molar-refractivity contribution is 0.621. The van der Waals surface area contributed by atoms with Gasteiger partial charge in [0.15, 0.2) is 0 Å². The lowest BCUT2D eigenvalue weighted by Crippen LogP contribution is -2.11. The van der Waals surface area contributed by atoms with Crippen molar-refractivity contribution in [1.82, 2.24) is 0 Å². The molecule has 0 atom stereocenters. The van der Waals surface area contributed by atoms with Gasteiger partial charge in [0.1, 0.15) is 0 Å². The number of hydrogen-bond acceptors (Lipinski definition) is 0. The molecule has 0 aliphatic rings. The third-order valence-corrected chi connectivity index (χ3v) is 7.33. The van der Waals surface area contributed by atoms with Crippen molar-refractivity contribution in [3.05, 3.63) is 0 Å². The molecule has 0 saturated carbocycles. The van der Waals surface area contributed by atoms with Gasteiger partial charge >= 0.3 is 0 Å². The van der Waals surface area contributed by atoms with Gasteiger partial charge in [-0.25, -0.2) is 0 Å². The van der Waals surface area contributed by atoms with Crippen LogP contribution in [0.5, 0.6) is 0 Å². The van der Waals surface area contributed by atoms with Crippen molar-refractivity contribution in [3.63, 3.8) is 0 Å². The quantitative estimate of drug-likeness (QED) is 0.220. The van der Waals surface area contributed by atoms with Crippen LogP contribution in [0.15, 0.2) is 0 Å². The summed E-state index contributed by atoms with van der Waals surface area (Å²) in [5.74, 6) is 0. The fourth-order valence-electron chi connectivity index (χ4n) is 2.78. The van der Waals surface area contributed by atoms with Gasteiger partial charge in [0.2, 0.25) is 0 Å². The van der Waals surface area contributed by atoms with E-state index in [2.05, 4.69) is 20.8 Å². The first-order valence-corrected chi connectivity index (χ1v) is 11.3. The maximum Gasteiger partial charge on any atom is 0.0479 e. The highest BCUT2D eigenvalue weighted by Gasteiger charge is 2.10. The van der Waals surface area contributed by atoms with Crippen LogP contribution in [0.25, 0.3) is 0 Å². The number of rotatable bonds is 15. The molecule has 0 nitrogen and oxygen atoms in total. The first kappa shape index (κ1) is 19.2. The smallest absolute Gasteiger partial charge is 0.0479 e. The molecule has 0 aromatic rings. The SMILES string of the molecule is CCCCCCCC[Si](CCCCC)CCCCC. The molecule has 0 unspecified atom stereocenters. The van der Waals surface area contributed by atoms with Gasteiger partial charge in [-0.15, -0.1) is 0 Å². The van der Waals surface area contributed by atoms with Crippen LogP contribution in [0.1, 0.15) is 97.8 Å². The Morgan fingerprint density at radius 3 is 1.21 bits per heavy atom. The van der Waals surface area contributed by atoms with Crippen LogP contribution >= 0.6 is 0 Å². The van der Waals surface area contributed by atoms with Crippen LogP contribution in [0.3, 0.4) is 0 Å². The van der Waals surface area contributed by atoms with Crippen LogP contribution in [0, 0.1) is 0 Å². The van der Waals surface area contributed by atoms with E-state index < -0.39 is 0 Å². The van der Waals surface area contributed by atoms with Crippen LogP contribution in [-0.4, -0.2) is 8.80 Å². The summed E-state index contributed by atoms with van der Waals surface area (Å²) in [6.07, 6.45) is 17.6. The Morgan fingerprint density at radius 2 is 0.737 bits per heavy atom. The molecule has 1 radical (unpaired) electrons. The van der Waals surface area contributed by atoms with Crippen LogP contribution in [0.4, 0.5) is 0 Å². The van der Waals surface area contributed by atoms with E-state index in [1.807, 2.05) is 0 Å². The third kappa shape index (κ3) is 14.4. The molecule has 19 heavy (non-hydrogen) atoms. The van der Waals surface area contributed by atoms with E-state index in [0.717, 1.165) is 0 Å². The highest BCUT2D eigenvalue weighted by molar-refractivity contribution is 6.58. The Kier molecular flexibility index (Phi) is 16.5. The minimum absolute atomic E-state index is 0.0179. The summed E-state index contributed by atoms with van der Waals surface area (Å²) in [7, 11) is 0.0179. The van der Waals surface area contributed by atoms with Gasteiger partial charge < -0.3 is 0 Å². The second-order valence-corrected chi connectivity index (χ2v) is 9.18. The molecule has 0 aliphatic heterocycles. The van der Waals surface area contributed by atoms with Crippen LogP contribution < -0.4 is 0 Å². The maximum atomic E-state index is 2.33. The zero-order valence-corrected chi connectivity index (χ0v) is 15.1. The lowest BCUT2D eigenvalue weighted by Gasteiger charge is -2.14. The average Bonchev–Trinajstić information content (AvgIpc) is 2.42. The molecule has 0 aromatic heterocycles. The first-order valence-electron chi connectivity index (χ1n) is 9.18. The number of hydrogen-bond donors (Lipinski definition) is 0. The van der Waals surface area contributed by atoms with Crippen molar-refractivity contribution in [2.24, 2.45) is 0 Å². The van der Waals surface area contributed by atoms with Crippen molar-refractivity contribution in [2.75, 3.05) is 0 Å². The van der Waals surface area contributed by atoms with E-state index in [1.165, 1.54) is 77.0 Å². The summed E-state index contributed by atoms with van der Waals surface area (Å²) in [4.78, 5) is 0. The van der Waals surface area contributed by atoms with E-state index in [4.69, 9.17) is 0 Å². The molecular weight excluding hydrogens is 244 g/mol. The molecule has 0 rings (SSSR count). The summed E-state index contributed by atoms with van der Waals surface area (Å²) in [5.41, 5.74) is 0. The Morgan fingerprint density at radius 1 is 0.421 bits per heavy atom. The monoisotopic (exact) mass is 283 g/mol. The van der Waals surface area contributed by atoms with Crippen molar-refractivity contribution >= 4 is 8.80 Å². The molecule has 0 saturated heterocycles. The van der Waals surface area contributed by atoms with Crippen molar-refractivity contribution in [3.8, 4) is 0 Å². The van der Waals surface area contributed by atoms with Crippen LogP contribution in [0.2, 0.25) is 18.1 Å². The summed E-state index contributed by atoms with van der Waals surface area (Å²) >= 11 is 0. The second kappa shape index (κ2) is 16.3. The molecule has 0 bridgehead atoms. The Hall–Kier alpha value is 0.217. The average molecular weight is 284 g/mol. The van der Waals surface area contributed by atoms with Crippen molar-refractivity contribution in [1.29, 1.82) is 0 Å². The summed E-state index contributed by atoms with van der Waals surface area (Å²) < 4.78 is 0. The molecule has 1 heteroatoms. The minimum atomic E-state index is 0.0179. The van der Waals surface area contributed by atoms with Gasteiger partial charge in [-0.05, 0) is 0 Å². The standard InChI is InChI=1S/C18H39Si/c1-4-7-10-11-12-15-18-19(16-13-8-5-2)17-14-9-6-3/h4-18H2,1-3H3. The van der Waals surface area contributed by atoms with Gasteiger partial charge in [0.25, 0.3) is 0 Å². The van der Waals surface area contributed by atoms with Crippen LogP contribution in [-0.2, 0) is 0 Å². The largest absolute Gasteiger partial charge is 0.0654 e. The highest BCUT2D eigenvalue weighted by Crippen LogP contribution is 2.19. The third-order valence-electron chi connectivity index (χ3n) is 4.15. The Bertz CT molecular complexity index is 146. The van der Waals surface area contributed by atoms with Gasteiger partial charge in [-0.2, -0.15) is 0 Å². The summed E-state index contributed by atoms with van der Waals surface area (Å²) in [5, 5.41) is 0. The van der Waals surface area contributed by atoms with Crippen molar-refractivity contribution in [2.45, 2.75) is 116 Å². The Balaban J connectivity index is 3.58. The van der Waals surface area contributed by atoms with E-state index in [0.29, 0.717) is 0 Å². The first-order chi connectivity index (χ1) is 9.35. The summed E-state index contributed by atoms with van der Waals surface area (Å²) in [6.45, 7) is 6.97. The second-order valence-electron chi connectivity index (χ2n) is 6.18. The molecule has 115 valence electrons. The summed E-state index contributed by atoms with van der Waals surface area (Å²) in [6, 6.07) is 4.83. The van der Waals surface area contributed by atoms with Gasteiger partial charge in [-0.1, -0.05) is 116 Å². The molecule has 0 amide bonds. The van der Waals surface area contributed by atoms with E-state index in [-0.39, 0.29) is 8.80 Å². The highest BCUT2D eigenvalue weighted by atomic mass is 28.3. The fourth-order valence-corrected chi connectivity index (χ4v) is 5.78. The number of unbranched alkanes of at least 4 members (excludes halogenated alkanes) is 9. The van der Waals surface area contributed by atoms with Crippen molar-refractivity contribution < 1.29 is 0 Å². The van der Waals surface area contributed by atoms with E-state index in [1.54, 1.807) is 18.1 Å². The molecule has 0 aliphatic carbocycles. The predicted molar refractivity (Wildman–Crippen MR) is 92.6 cm³/mol. The van der Waals surface area contributed by atoms with Gasteiger partial charge in [0.05, 0.1) is 0 Å². The molecule has 0 spiro atoms. The molecule has 0 heterocycles. The predicted octanol–water partition coefficient (Wildman–Crippen LogP) is 7.22. The Labute approximate surface area is 125 Å². The fraction of sp³-hybridized carbons (Fsp3) is 1.00. The topological polar surface area (TPSA) is 0 Å². The van der Waals surface area contributed by atoms with Gasteiger partial charge in [0, 0.05) is 8.80 Å². The minimum Gasteiger partial charge on any atom is -0.0654 e. The zero-order valence-electron chi connectivity index (χ0n) is 14.1. The molecule has 0 aromatic carbocycles. The zero-order chi connectivity index (χ0) is 14.2. The van der Waals surface area contributed by atoms with E-state index in [9.17, 15) is 0 Å². The molecule has 0 fully saturated rings. The maximum absolute atomic E-state index is 2.33. The lowest BCUT2D eigenvalue weighted by atomic mass is 10.1. The van der Waals surface area contributed by atoms with Gasteiger partial charge in [-0.3, -0.25) is 0 Å². The normalized spacial score (nSPS) is 11.4. The van der Waals surface area contributed by atoms with E-state index >= 15 is 0 Å². The molecule has 0 N–H and O–H groups in total. The molecular formula is C18H39Si.